The molecule has 2 saturated carbocycles. The maximum Gasteiger partial charge on any atom is 0.123 e. The van der Waals surface area contributed by atoms with Crippen molar-refractivity contribution in [3.63, 3.8) is 0 Å². The van der Waals surface area contributed by atoms with Crippen LogP contribution in [0.3, 0.4) is 0 Å². The minimum absolute atomic E-state index is 0.389. The molecule has 0 heterocycles. The van der Waals surface area contributed by atoms with Gasteiger partial charge in [-0.05, 0) is 45.6 Å². The molecule has 0 aliphatic heterocycles. The summed E-state index contributed by atoms with van der Waals surface area (Å²) in [4.78, 5) is 2.21. The summed E-state index contributed by atoms with van der Waals surface area (Å²) in [6.45, 7) is 0.632. The molecule has 3 heteroatoms. The number of alkyl halides is 1. The Hall–Kier alpha value is -0.150. The Balaban J connectivity index is 1.77. The van der Waals surface area contributed by atoms with E-state index in [1.807, 2.05) is 0 Å². The van der Waals surface area contributed by atoms with Crippen LogP contribution < -0.4 is 5.73 Å². The summed E-state index contributed by atoms with van der Waals surface area (Å²) in [5, 5.41) is 0. The van der Waals surface area contributed by atoms with Gasteiger partial charge in [-0.1, -0.05) is 0 Å². The maximum absolute atomic E-state index is 13.5. The van der Waals surface area contributed by atoms with E-state index in [2.05, 4.69) is 11.9 Å². The van der Waals surface area contributed by atoms with E-state index in [1.54, 1.807) is 0 Å². The molecular formula is C11H21FN2. The van der Waals surface area contributed by atoms with Crippen LogP contribution in [-0.4, -0.2) is 36.2 Å². The van der Waals surface area contributed by atoms with Gasteiger partial charge >= 0.3 is 0 Å². The van der Waals surface area contributed by atoms with Crippen molar-refractivity contribution in [3.8, 4) is 0 Å². The third-order valence-electron chi connectivity index (χ3n) is 3.69. The molecule has 0 amide bonds. The highest BCUT2D eigenvalue weighted by Gasteiger charge is 2.44. The second-order valence-electron chi connectivity index (χ2n) is 5.13. The van der Waals surface area contributed by atoms with Gasteiger partial charge in [0.2, 0.25) is 0 Å². The van der Waals surface area contributed by atoms with Crippen molar-refractivity contribution >= 4 is 0 Å². The van der Waals surface area contributed by atoms with Crippen LogP contribution in [-0.2, 0) is 0 Å². The minimum atomic E-state index is -0.839. The van der Waals surface area contributed by atoms with E-state index in [0.717, 1.165) is 38.5 Å². The Kier molecular flexibility index (Phi) is 2.80. The lowest BCUT2D eigenvalue weighted by atomic mass is 9.91. The molecule has 2 aliphatic carbocycles. The lowest BCUT2D eigenvalue weighted by Crippen LogP contribution is -2.41. The average Bonchev–Trinajstić information content (AvgIpc) is 2.84. The van der Waals surface area contributed by atoms with E-state index in [-0.39, 0.29) is 0 Å². The van der Waals surface area contributed by atoms with Gasteiger partial charge in [0.25, 0.3) is 0 Å². The van der Waals surface area contributed by atoms with Gasteiger partial charge in [0, 0.05) is 18.6 Å². The van der Waals surface area contributed by atoms with Gasteiger partial charge in [-0.2, -0.15) is 0 Å². The number of nitrogens with two attached hydrogens (primary N) is 1. The fourth-order valence-electron chi connectivity index (χ4n) is 2.41. The highest BCUT2D eigenvalue weighted by molar-refractivity contribution is 4.97. The molecule has 14 heavy (non-hydrogen) atoms. The lowest BCUT2D eigenvalue weighted by molar-refractivity contribution is 0.130. The first-order valence-corrected chi connectivity index (χ1v) is 5.74. The predicted octanol–water partition coefficient (Wildman–Crippen LogP) is 1.69. The van der Waals surface area contributed by atoms with E-state index in [1.165, 1.54) is 0 Å². The fourth-order valence-corrected chi connectivity index (χ4v) is 2.41. The molecule has 82 valence electrons. The third-order valence-corrected chi connectivity index (χ3v) is 3.69. The Morgan fingerprint density at radius 2 is 1.86 bits per heavy atom. The lowest BCUT2D eigenvalue weighted by Gasteiger charge is -2.34. The summed E-state index contributed by atoms with van der Waals surface area (Å²) in [5.74, 6) is 0. The van der Waals surface area contributed by atoms with Crippen LogP contribution in [0.1, 0.15) is 38.5 Å². The summed E-state index contributed by atoms with van der Waals surface area (Å²) in [5.41, 5.74) is 5.01. The van der Waals surface area contributed by atoms with Crippen LogP contribution in [0.25, 0.3) is 0 Å². The minimum Gasteiger partial charge on any atom is -0.328 e. The number of hydrogen-bond donors (Lipinski definition) is 1. The van der Waals surface area contributed by atoms with Gasteiger partial charge in [0.1, 0.15) is 5.67 Å². The summed E-state index contributed by atoms with van der Waals surface area (Å²) < 4.78 is 13.5. The van der Waals surface area contributed by atoms with Crippen molar-refractivity contribution in [2.24, 2.45) is 5.73 Å². The standard InChI is InChI=1S/C11H21FN2/c1-14(8-11(12)6-7-11)10-4-2-9(13)3-5-10/h9-10H,2-8,13H2,1H3. The second-order valence-corrected chi connectivity index (χ2v) is 5.13. The van der Waals surface area contributed by atoms with Crippen LogP contribution in [0.4, 0.5) is 4.39 Å². The maximum atomic E-state index is 13.5. The smallest absolute Gasteiger partial charge is 0.123 e. The number of halogens is 1. The normalized spacial score (nSPS) is 36.0. The average molecular weight is 200 g/mol. The van der Waals surface area contributed by atoms with Crippen LogP contribution in [0.15, 0.2) is 0 Å². The Morgan fingerprint density at radius 3 is 2.36 bits per heavy atom. The number of rotatable bonds is 3. The molecule has 0 atom stereocenters. The van der Waals surface area contributed by atoms with Crippen molar-refractivity contribution in [2.45, 2.75) is 56.3 Å². The first kappa shape index (κ1) is 10.4. The molecule has 0 unspecified atom stereocenters. The van der Waals surface area contributed by atoms with Gasteiger partial charge in [0.05, 0.1) is 0 Å². The van der Waals surface area contributed by atoms with Crippen LogP contribution in [0, 0.1) is 0 Å². The number of hydrogen-bond acceptors (Lipinski definition) is 2. The molecule has 0 saturated heterocycles. The molecule has 2 N–H and O–H groups in total. The molecule has 0 bridgehead atoms. The zero-order valence-corrected chi connectivity index (χ0v) is 9.01. The van der Waals surface area contributed by atoms with E-state index in [9.17, 15) is 4.39 Å². The van der Waals surface area contributed by atoms with Crippen LogP contribution >= 0.6 is 0 Å². The molecular weight excluding hydrogens is 179 g/mol. The van der Waals surface area contributed by atoms with E-state index in [0.29, 0.717) is 18.6 Å². The SMILES string of the molecule is CN(CC1(F)CC1)C1CCC(N)CC1. The topological polar surface area (TPSA) is 29.3 Å². The predicted molar refractivity (Wildman–Crippen MR) is 55.9 cm³/mol. The molecule has 2 nitrogen and oxygen atoms in total. The molecule has 0 radical (unpaired) electrons. The molecule has 2 fully saturated rings. The Labute approximate surface area is 85.6 Å². The van der Waals surface area contributed by atoms with Gasteiger partial charge in [0.15, 0.2) is 0 Å². The van der Waals surface area contributed by atoms with Crippen molar-refractivity contribution in [1.29, 1.82) is 0 Å². The molecule has 0 spiro atoms. The van der Waals surface area contributed by atoms with Gasteiger partial charge in [-0.3, -0.25) is 0 Å². The van der Waals surface area contributed by atoms with Gasteiger partial charge in [-0.25, -0.2) is 4.39 Å². The highest BCUT2D eigenvalue weighted by Crippen LogP contribution is 2.41. The van der Waals surface area contributed by atoms with Crippen molar-refractivity contribution in [2.75, 3.05) is 13.6 Å². The molecule has 0 aromatic carbocycles. The van der Waals surface area contributed by atoms with Crippen molar-refractivity contribution < 1.29 is 4.39 Å². The van der Waals surface area contributed by atoms with E-state index < -0.39 is 5.67 Å². The monoisotopic (exact) mass is 200 g/mol. The van der Waals surface area contributed by atoms with Gasteiger partial charge < -0.3 is 10.6 Å². The third kappa shape index (κ3) is 2.45. The van der Waals surface area contributed by atoms with Crippen LogP contribution in [0.2, 0.25) is 0 Å². The highest BCUT2D eigenvalue weighted by atomic mass is 19.1. The number of nitrogens with zero attached hydrogens (tertiary/aromatic N) is 1. The summed E-state index contributed by atoms with van der Waals surface area (Å²) in [7, 11) is 2.06. The van der Waals surface area contributed by atoms with Crippen molar-refractivity contribution in [1.82, 2.24) is 4.90 Å². The zero-order valence-electron chi connectivity index (χ0n) is 9.01. The molecule has 0 aromatic heterocycles. The molecule has 0 aromatic rings. The largest absolute Gasteiger partial charge is 0.328 e. The summed E-state index contributed by atoms with van der Waals surface area (Å²) in [6.07, 6.45) is 6.04. The van der Waals surface area contributed by atoms with Crippen LogP contribution in [0.5, 0.6) is 0 Å². The quantitative estimate of drug-likeness (QED) is 0.751. The Morgan fingerprint density at radius 1 is 1.29 bits per heavy atom. The summed E-state index contributed by atoms with van der Waals surface area (Å²) in [6, 6.07) is 0.961. The first-order chi connectivity index (χ1) is 6.59. The molecule has 2 aliphatic rings. The fraction of sp³-hybridized carbons (Fsp3) is 1.00. The first-order valence-electron chi connectivity index (χ1n) is 5.74. The van der Waals surface area contributed by atoms with E-state index in [4.69, 9.17) is 5.73 Å². The zero-order chi connectivity index (χ0) is 10.2. The second kappa shape index (κ2) is 3.78. The Bertz CT molecular complexity index is 195. The van der Waals surface area contributed by atoms with Gasteiger partial charge in [-0.15, -0.1) is 0 Å². The van der Waals surface area contributed by atoms with E-state index >= 15 is 0 Å². The molecule has 2 rings (SSSR count). The summed E-state index contributed by atoms with van der Waals surface area (Å²) >= 11 is 0. The van der Waals surface area contributed by atoms with Crippen molar-refractivity contribution in [3.05, 3.63) is 0 Å².